The molecule has 1 heterocycles. The molecule has 1 aliphatic heterocycles. The predicted molar refractivity (Wildman–Crippen MR) is 116 cm³/mol. The van der Waals surface area contributed by atoms with Crippen LogP contribution in [0.25, 0.3) is 0 Å². The van der Waals surface area contributed by atoms with Crippen LogP contribution in [-0.4, -0.2) is 42.1 Å². The lowest BCUT2D eigenvalue weighted by molar-refractivity contribution is -0.162. The molecule has 3 rings (SSSR count). The van der Waals surface area contributed by atoms with Crippen LogP contribution in [0.4, 0.5) is 0 Å². The van der Waals surface area contributed by atoms with Gasteiger partial charge in [-0.1, -0.05) is 27.7 Å². The van der Waals surface area contributed by atoms with E-state index >= 15 is 0 Å². The van der Waals surface area contributed by atoms with Crippen molar-refractivity contribution >= 4 is 17.5 Å². The SMILES string of the molecule is CCOC(=O)CC(=O)CC[C@@]1(C)CC[C@@]2(C)C(=CC1=O)[C@H]1OC(C)(C)O[C@H]1[C@@H]2C(C)C. The van der Waals surface area contributed by atoms with Gasteiger partial charge in [0.25, 0.3) is 0 Å². The number of carbonyl (C=O) groups excluding carboxylic acids is 3. The number of fused-ring (bicyclic) bond motifs is 3. The number of Topliss-reactive ketones (excluding diaryl/α,β-unsaturated/α-hetero) is 1. The summed E-state index contributed by atoms with van der Waals surface area (Å²) in [4.78, 5) is 37.3. The van der Waals surface area contributed by atoms with Gasteiger partial charge in [0.2, 0.25) is 0 Å². The quantitative estimate of drug-likeness (QED) is 0.437. The first-order valence-corrected chi connectivity index (χ1v) is 11.6. The largest absolute Gasteiger partial charge is 0.466 e. The molecule has 0 aromatic rings. The Balaban J connectivity index is 1.81. The Morgan fingerprint density at radius 1 is 1.16 bits per heavy atom. The Labute approximate surface area is 186 Å². The maximum absolute atomic E-state index is 13.4. The summed E-state index contributed by atoms with van der Waals surface area (Å²) in [6, 6.07) is 0. The van der Waals surface area contributed by atoms with E-state index < -0.39 is 17.2 Å². The van der Waals surface area contributed by atoms with Crippen LogP contribution in [0.3, 0.4) is 0 Å². The van der Waals surface area contributed by atoms with E-state index in [0.29, 0.717) is 18.8 Å². The Morgan fingerprint density at radius 2 is 1.84 bits per heavy atom. The number of ketones is 2. The molecule has 0 unspecified atom stereocenters. The molecular weight excluding hydrogens is 396 g/mol. The Kier molecular flexibility index (Phi) is 6.56. The molecule has 0 N–H and O–H groups in total. The minimum Gasteiger partial charge on any atom is -0.466 e. The maximum atomic E-state index is 13.4. The third-order valence-electron chi connectivity index (χ3n) is 7.58. The second-order valence-corrected chi connectivity index (χ2v) is 10.8. The molecule has 0 aromatic carbocycles. The van der Waals surface area contributed by atoms with Crippen molar-refractivity contribution < 1.29 is 28.6 Å². The second-order valence-electron chi connectivity index (χ2n) is 10.8. The van der Waals surface area contributed by atoms with Gasteiger partial charge in [0.05, 0.1) is 12.7 Å². The summed E-state index contributed by atoms with van der Waals surface area (Å²) < 4.78 is 17.4. The summed E-state index contributed by atoms with van der Waals surface area (Å²) in [5, 5.41) is 0. The third-order valence-corrected chi connectivity index (χ3v) is 7.58. The third kappa shape index (κ3) is 4.51. The highest BCUT2D eigenvalue weighted by Gasteiger charge is 2.62. The molecule has 2 aliphatic carbocycles. The standard InChI is InChI=1S/C25H38O6/c1-8-29-19(28)13-16(26)9-10-24(6)11-12-25(7)17(14-18(24)27)21-22(20(25)15(2)3)31-23(4,5)30-21/h14-15,20-22H,8-13H2,1-7H3/t20-,21+,22-,24-,25-/m0/s1. The highest BCUT2D eigenvalue weighted by Crippen LogP contribution is 2.61. The summed E-state index contributed by atoms with van der Waals surface area (Å²) in [6.45, 7) is 14.5. The van der Waals surface area contributed by atoms with Crippen LogP contribution in [0.1, 0.15) is 80.6 Å². The zero-order valence-corrected chi connectivity index (χ0v) is 20.1. The van der Waals surface area contributed by atoms with Crippen molar-refractivity contribution in [3.05, 3.63) is 11.6 Å². The lowest BCUT2D eigenvalue weighted by Gasteiger charge is -2.39. The van der Waals surface area contributed by atoms with Crippen molar-refractivity contribution in [1.29, 1.82) is 0 Å². The topological polar surface area (TPSA) is 78.9 Å². The first-order valence-electron chi connectivity index (χ1n) is 11.6. The monoisotopic (exact) mass is 434 g/mol. The zero-order chi connectivity index (χ0) is 23.2. The van der Waals surface area contributed by atoms with Gasteiger partial charge in [0, 0.05) is 11.8 Å². The first kappa shape index (κ1) is 24.1. The van der Waals surface area contributed by atoms with E-state index in [1.54, 1.807) is 13.0 Å². The molecule has 3 aliphatic rings. The van der Waals surface area contributed by atoms with E-state index in [1.807, 2.05) is 20.8 Å². The van der Waals surface area contributed by atoms with E-state index in [9.17, 15) is 14.4 Å². The number of allylic oxidation sites excluding steroid dienone is 1. The van der Waals surface area contributed by atoms with Crippen molar-refractivity contribution in [3.63, 3.8) is 0 Å². The molecule has 174 valence electrons. The molecular formula is C25H38O6. The number of rotatable bonds is 7. The summed E-state index contributed by atoms with van der Waals surface area (Å²) in [7, 11) is 0. The predicted octanol–water partition coefficient (Wildman–Crippen LogP) is 4.40. The van der Waals surface area contributed by atoms with Crippen LogP contribution in [0.5, 0.6) is 0 Å². The highest BCUT2D eigenvalue weighted by molar-refractivity contribution is 5.98. The van der Waals surface area contributed by atoms with Crippen molar-refractivity contribution in [1.82, 2.24) is 0 Å². The average molecular weight is 435 g/mol. The molecule has 1 saturated heterocycles. The molecule has 0 amide bonds. The molecule has 6 nitrogen and oxygen atoms in total. The highest BCUT2D eigenvalue weighted by atomic mass is 16.8. The molecule has 2 fully saturated rings. The number of hydrogen-bond donors (Lipinski definition) is 0. The average Bonchev–Trinajstić information content (AvgIpc) is 3.02. The van der Waals surface area contributed by atoms with Gasteiger partial charge in [-0.15, -0.1) is 0 Å². The van der Waals surface area contributed by atoms with Crippen molar-refractivity contribution in [2.45, 2.75) is 98.6 Å². The Hall–Kier alpha value is -1.53. The fraction of sp³-hybridized carbons (Fsp3) is 0.800. The molecule has 5 atom stereocenters. The van der Waals surface area contributed by atoms with Gasteiger partial charge >= 0.3 is 5.97 Å². The van der Waals surface area contributed by atoms with Gasteiger partial charge < -0.3 is 14.2 Å². The van der Waals surface area contributed by atoms with E-state index in [-0.39, 0.29) is 54.6 Å². The summed E-state index contributed by atoms with van der Waals surface area (Å²) in [6.07, 6.45) is 3.50. The number of esters is 1. The molecule has 0 aromatic heterocycles. The van der Waals surface area contributed by atoms with E-state index in [4.69, 9.17) is 14.2 Å². The summed E-state index contributed by atoms with van der Waals surface area (Å²) in [5.41, 5.74) is 0.243. The summed E-state index contributed by atoms with van der Waals surface area (Å²) in [5.74, 6) is -0.654. The lowest BCUT2D eigenvalue weighted by Crippen LogP contribution is -2.37. The molecule has 1 saturated carbocycles. The molecule has 31 heavy (non-hydrogen) atoms. The zero-order valence-electron chi connectivity index (χ0n) is 20.1. The van der Waals surface area contributed by atoms with Crippen molar-refractivity contribution in [2.24, 2.45) is 22.7 Å². The van der Waals surface area contributed by atoms with E-state index in [0.717, 1.165) is 12.0 Å². The minimum absolute atomic E-state index is 0.0467. The maximum Gasteiger partial charge on any atom is 0.313 e. The Morgan fingerprint density at radius 3 is 2.45 bits per heavy atom. The molecule has 0 bridgehead atoms. The van der Waals surface area contributed by atoms with Gasteiger partial charge in [-0.25, -0.2) is 0 Å². The Bertz CT molecular complexity index is 781. The number of carbonyl (C=O) groups is 3. The van der Waals surface area contributed by atoms with Gasteiger partial charge in [-0.3, -0.25) is 14.4 Å². The van der Waals surface area contributed by atoms with Crippen LogP contribution in [0.2, 0.25) is 0 Å². The molecule has 0 spiro atoms. The molecule has 0 radical (unpaired) electrons. The van der Waals surface area contributed by atoms with Gasteiger partial charge in [0.15, 0.2) is 11.6 Å². The lowest BCUT2D eigenvalue weighted by atomic mass is 9.67. The minimum atomic E-state index is -0.664. The summed E-state index contributed by atoms with van der Waals surface area (Å²) >= 11 is 0. The normalized spacial score (nSPS) is 36.6. The van der Waals surface area contributed by atoms with Crippen LogP contribution < -0.4 is 0 Å². The van der Waals surface area contributed by atoms with Crippen molar-refractivity contribution in [3.8, 4) is 0 Å². The molecule has 6 heteroatoms. The fourth-order valence-corrected chi connectivity index (χ4v) is 5.94. The van der Waals surface area contributed by atoms with Gasteiger partial charge in [-0.2, -0.15) is 0 Å². The second kappa shape index (κ2) is 8.43. The number of hydrogen-bond acceptors (Lipinski definition) is 6. The van der Waals surface area contributed by atoms with E-state index in [1.165, 1.54) is 0 Å². The van der Waals surface area contributed by atoms with Crippen LogP contribution in [-0.2, 0) is 28.6 Å². The van der Waals surface area contributed by atoms with Crippen LogP contribution in [0.15, 0.2) is 11.6 Å². The van der Waals surface area contributed by atoms with Gasteiger partial charge in [-0.05, 0) is 68.9 Å². The number of ether oxygens (including phenoxy) is 3. The van der Waals surface area contributed by atoms with Gasteiger partial charge in [0.1, 0.15) is 18.3 Å². The van der Waals surface area contributed by atoms with Crippen LogP contribution >= 0.6 is 0 Å². The van der Waals surface area contributed by atoms with E-state index in [2.05, 4.69) is 20.8 Å². The van der Waals surface area contributed by atoms with Crippen LogP contribution in [0, 0.1) is 22.7 Å². The smallest absolute Gasteiger partial charge is 0.313 e. The fourth-order valence-electron chi connectivity index (χ4n) is 5.94. The van der Waals surface area contributed by atoms with Crippen molar-refractivity contribution in [2.75, 3.05) is 6.61 Å². The first-order chi connectivity index (χ1) is 14.3.